The van der Waals surface area contributed by atoms with Gasteiger partial charge in [-0.15, -0.1) is 0 Å². The monoisotopic (exact) mass is 180 g/mol. The molecule has 3 nitrogen and oxygen atoms in total. The summed E-state index contributed by atoms with van der Waals surface area (Å²) in [6.07, 6.45) is 1.79. The van der Waals surface area contributed by atoms with Crippen molar-refractivity contribution in [2.45, 2.75) is 26.4 Å². The Balaban J connectivity index is 2.50. The van der Waals surface area contributed by atoms with Gasteiger partial charge in [0, 0.05) is 18.8 Å². The first kappa shape index (κ1) is 10.2. The molecule has 0 fully saturated rings. The van der Waals surface area contributed by atoms with Gasteiger partial charge in [-0.25, -0.2) is 0 Å². The molecule has 72 valence electrons. The van der Waals surface area contributed by atoms with Crippen molar-refractivity contribution in [2.75, 3.05) is 6.61 Å². The SMILES string of the molecule is Cc1cccnc1CNC(C)CO. The third kappa shape index (κ3) is 3.13. The van der Waals surface area contributed by atoms with Crippen molar-refractivity contribution in [3.05, 3.63) is 29.6 Å². The Morgan fingerprint density at radius 2 is 2.38 bits per heavy atom. The highest BCUT2D eigenvalue weighted by molar-refractivity contribution is 5.17. The van der Waals surface area contributed by atoms with Crippen LogP contribution in [0.3, 0.4) is 0 Å². The summed E-state index contributed by atoms with van der Waals surface area (Å²) in [4.78, 5) is 4.24. The zero-order chi connectivity index (χ0) is 9.68. The van der Waals surface area contributed by atoms with Crippen LogP contribution in [0, 0.1) is 6.92 Å². The second kappa shape index (κ2) is 4.94. The molecular weight excluding hydrogens is 164 g/mol. The Kier molecular flexibility index (Phi) is 3.86. The van der Waals surface area contributed by atoms with Crippen molar-refractivity contribution in [1.29, 1.82) is 0 Å². The van der Waals surface area contributed by atoms with E-state index in [0.29, 0.717) is 6.54 Å². The van der Waals surface area contributed by atoms with E-state index in [9.17, 15) is 0 Å². The van der Waals surface area contributed by atoms with E-state index in [0.717, 1.165) is 5.69 Å². The molecule has 0 aliphatic carbocycles. The van der Waals surface area contributed by atoms with Crippen molar-refractivity contribution < 1.29 is 5.11 Å². The Morgan fingerprint density at radius 3 is 3.00 bits per heavy atom. The lowest BCUT2D eigenvalue weighted by Gasteiger charge is -2.10. The topological polar surface area (TPSA) is 45.2 Å². The van der Waals surface area contributed by atoms with E-state index in [4.69, 9.17) is 5.11 Å². The van der Waals surface area contributed by atoms with Gasteiger partial charge in [-0.05, 0) is 25.5 Å². The summed E-state index contributed by atoms with van der Waals surface area (Å²) in [5.74, 6) is 0. The van der Waals surface area contributed by atoms with Gasteiger partial charge in [-0.1, -0.05) is 6.07 Å². The average molecular weight is 180 g/mol. The minimum atomic E-state index is 0.126. The summed E-state index contributed by atoms with van der Waals surface area (Å²) in [6.45, 7) is 4.85. The van der Waals surface area contributed by atoms with Gasteiger partial charge in [0.25, 0.3) is 0 Å². The minimum Gasteiger partial charge on any atom is -0.395 e. The smallest absolute Gasteiger partial charge is 0.0582 e. The van der Waals surface area contributed by atoms with Gasteiger partial charge >= 0.3 is 0 Å². The fraction of sp³-hybridized carbons (Fsp3) is 0.500. The average Bonchev–Trinajstić information content (AvgIpc) is 2.16. The molecule has 3 heteroatoms. The molecule has 1 atom stereocenters. The summed E-state index contributed by atoms with van der Waals surface area (Å²) >= 11 is 0. The first-order valence-electron chi connectivity index (χ1n) is 4.48. The van der Waals surface area contributed by atoms with Gasteiger partial charge in [0.05, 0.1) is 12.3 Å². The van der Waals surface area contributed by atoms with E-state index < -0.39 is 0 Å². The molecule has 0 bridgehead atoms. The third-order valence-electron chi connectivity index (χ3n) is 2.01. The molecule has 2 N–H and O–H groups in total. The highest BCUT2D eigenvalue weighted by Gasteiger charge is 2.01. The highest BCUT2D eigenvalue weighted by atomic mass is 16.3. The molecule has 0 aromatic carbocycles. The first-order valence-corrected chi connectivity index (χ1v) is 4.48. The van der Waals surface area contributed by atoms with Crippen LogP contribution in [0.2, 0.25) is 0 Å². The first-order chi connectivity index (χ1) is 6.24. The summed E-state index contributed by atoms with van der Waals surface area (Å²) in [5, 5.41) is 12.0. The molecule has 1 aromatic heterocycles. The van der Waals surface area contributed by atoms with Crippen LogP contribution in [0.25, 0.3) is 0 Å². The van der Waals surface area contributed by atoms with Gasteiger partial charge in [0.2, 0.25) is 0 Å². The van der Waals surface area contributed by atoms with Crippen LogP contribution in [0.15, 0.2) is 18.3 Å². The van der Waals surface area contributed by atoms with E-state index in [2.05, 4.69) is 10.3 Å². The predicted molar refractivity (Wildman–Crippen MR) is 52.4 cm³/mol. The summed E-state index contributed by atoms with van der Waals surface area (Å²) in [6, 6.07) is 4.09. The molecular formula is C10H16N2O. The van der Waals surface area contributed by atoms with E-state index in [1.807, 2.05) is 26.0 Å². The molecule has 0 saturated carbocycles. The fourth-order valence-electron chi connectivity index (χ4n) is 1.04. The number of hydrogen-bond acceptors (Lipinski definition) is 3. The van der Waals surface area contributed by atoms with Crippen molar-refractivity contribution >= 4 is 0 Å². The van der Waals surface area contributed by atoms with Crippen LogP contribution >= 0.6 is 0 Å². The number of aromatic nitrogens is 1. The number of pyridine rings is 1. The Hall–Kier alpha value is -0.930. The van der Waals surface area contributed by atoms with Gasteiger partial charge < -0.3 is 10.4 Å². The Morgan fingerprint density at radius 1 is 1.62 bits per heavy atom. The van der Waals surface area contributed by atoms with Gasteiger partial charge in [-0.2, -0.15) is 0 Å². The fourth-order valence-corrected chi connectivity index (χ4v) is 1.04. The molecule has 13 heavy (non-hydrogen) atoms. The second-order valence-corrected chi connectivity index (χ2v) is 3.23. The lowest BCUT2D eigenvalue weighted by Crippen LogP contribution is -2.29. The number of aliphatic hydroxyl groups is 1. The van der Waals surface area contributed by atoms with Gasteiger partial charge in [-0.3, -0.25) is 4.98 Å². The van der Waals surface area contributed by atoms with Gasteiger partial charge in [0.15, 0.2) is 0 Å². The number of nitrogens with zero attached hydrogens (tertiary/aromatic N) is 1. The van der Waals surface area contributed by atoms with E-state index in [1.54, 1.807) is 6.20 Å². The highest BCUT2D eigenvalue weighted by Crippen LogP contribution is 2.02. The Labute approximate surface area is 78.8 Å². The molecule has 1 unspecified atom stereocenters. The third-order valence-corrected chi connectivity index (χ3v) is 2.01. The Bertz CT molecular complexity index is 263. The molecule has 0 spiro atoms. The van der Waals surface area contributed by atoms with Gasteiger partial charge in [0.1, 0.15) is 0 Å². The summed E-state index contributed by atoms with van der Waals surface area (Å²) in [7, 11) is 0. The summed E-state index contributed by atoms with van der Waals surface area (Å²) in [5.41, 5.74) is 2.22. The van der Waals surface area contributed by atoms with Crippen molar-refractivity contribution in [3.8, 4) is 0 Å². The minimum absolute atomic E-state index is 0.126. The lowest BCUT2D eigenvalue weighted by atomic mass is 10.2. The van der Waals surface area contributed by atoms with Crippen LogP contribution in [0.5, 0.6) is 0 Å². The number of rotatable bonds is 4. The van der Waals surface area contributed by atoms with Crippen molar-refractivity contribution in [3.63, 3.8) is 0 Å². The zero-order valence-corrected chi connectivity index (χ0v) is 8.12. The van der Waals surface area contributed by atoms with E-state index >= 15 is 0 Å². The second-order valence-electron chi connectivity index (χ2n) is 3.23. The lowest BCUT2D eigenvalue weighted by molar-refractivity contribution is 0.250. The van der Waals surface area contributed by atoms with Crippen LogP contribution < -0.4 is 5.32 Å². The number of nitrogens with one attached hydrogen (secondary N) is 1. The molecule has 0 radical (unpaired) electrons. The summed E-state index contributed by atoms with van der Waals surface area (Å²) < 4.78 is 0. The quantitative estimate of drug-likeness (QED) is 0.722. The maximum Gasteiger partial charge on any atom is 0.0582 e. The van der Waals surface area contributed by atoms with Crippen LogP contribution in [0.1, 0.15) is 18.2 Å². The van der Waals surface area contributed by atoms with E-state index in [-0.39, 0.29) is 12.6 Å². The van der Waals surface area contributed by atoms with Crippen molar-refractivity contribution in [2.24, 2.45) is 0 Å². The molecule has 0 aliphatic heterocycles. The van der Waals surface area contributed by atoms with Crippen molar-refractivity contribution in [1.82, 2.24) is 10.3 Å². The number of aliphatic hydroxyl groups excluding tert-OH is 1. The normalized spacial score (nSPS) is 12.8. The molecule has 0 amide bonds. The molecule has 0 aliphatic rings. The maximum absolute atomic E-state index is 8.80. The maximum atomic E-state index is 8.80. The number of hydrogen-bond donors (Lipinski definition) is 2. The molecule has 1 rings (SSSR count). The molecule has 1 aromatic rings. The van der Waals surface area contributed by atoms with E-state index in [1.165, 1.54) is 5.56 Å². The number of aryl methyl sites for hydroxylation is 1. The standard InChI is InChI=1S/C10H16N2O/c1-8-4-3-5-11-10(8)6-12-9(2)7-13/h3-5,9,12-13H,6-7H2,1-2H3. The molecule has 1 heterocycles. The van der Waals surface area contributed by atoms with Crippen LogP contribution in [0.4, 0.5) is 0 Å². The molecule has 0 saturated heterocycles. The van der Waals surface area contributed by atoms with Crippen LogP contribution in [-0.4, -0.2) is 22.7 Å². The largest absolute Gasteiger partial charge is 0.395 e. The zero-order valence-electron chi connectivity index (χ0n) is 8.12. The predicted octanol–water partition coefficient (Wildman–Crippen LogP) is 0.860. The van der Waals surface area contributed by atoms with Crippen LogP contribution in [-0.2, 0) is 6.54 Å².